The highest BCUT2D eigenvalue weighted by atomic mass is 79.9. The number of nitro groups is 1. The van der Waals surface area contributed by atoms with Crippen molar-refractivity contribution in [3.8, 4) is 17.1 Å². The molecule has 0 aliphatic rings. The lowest BCUT2D eigenvalue weighted by atomic mass is 10.1. The van der Waals surface area contributed by atoms with Gasteiger partial charge in [0.25, 0.3) is 11.6 Å². The molecule has 35 heavy (non-hydrogen) atoms. The van der Waals surface area contributed by atoms with Crippen LogP contribution in [-0.2, 0) is 4.79 Å². The zero-order valence-electron chi connectivity index (χ0n) is 18.5. The molecule has 0 bridgehead atoms. The minimum absolute atomic E-state index is 0.00739. The molecule has 0 aliphatic carbocycles. The van der Waals surface area contributed by atoms with Crippen molar-refractivity contribution in [2.75, 3.05) is 5.75 Å². The molecule has 0 atom stereocenters. The maximum atomic E-state index is 12.5. The van der Waals surface area contributed by atoms with Crippen molar-refractivity contribution in [2.24, 2.45) is 5.10 Å². The summed E-state index contributed by atoms with van der Waals surface area (Å²) in [6.45, 7) is 1.71. The normalized spacial score (nSPS) is 11.3. The van der Waals surface area contributed by atoms with E-state index in [1.54, 1.807) is 19.1 Å². The number of thioether (sulfide) groups is 1. The first kappa shape index (κ1) is 24.3. The molecule has 9 nitrogen and oxygen atoms in total. The second-order valence-electron chi connectivity index (χ2n) is 7.31. The molecule has 0 saturated carbocycles. The Morgan fingerprint density at radius 2 is 1.74 bits per heavy atom. The minimum Gasteiger partial charge on any atom is -0.272 e. The summed E-state index contributed by atoms with van der Waals surface area (Å²) in [5.41, 5.74) is 5.49. The largest absolute Gasteiger partial charge is 0.272 e. The van der Waals surface area contributed by atoms with Gasteiger partial charge in [-0.1, -0.05) is 58.0 Å². The standard InChI is InChI=1S/C24H19BrN6O3S/c1-16(17-9-13-21(14-10-17)31(33)34)26-27-22(32)15-35-24-29-28-23(18-7-11-19(25)12-8-18)30(24)20-5-3-2-4-6-20/h2-14H,15H2,1H3,(H,27,32)/b26-16+. The Morgan fingerprint density at radius 3 is 2.40 bits per heavy atom. The Kier molecular flexibility index (Phi) is 7.68. The molecular weight excluding hydrogens is 532 g/mol. The van der Waals surface area contributed by atoms with Gasteiger partial charge in [0.15, 0.2) is 11.0 Å². The Balaban J connectivity index is 1.48. The van der Waals surface area contributed by atoms with Gasteiger partial charge in [-0.05, 0) is 48.9 Å². The van der Waals surface area contributed by atoms with Crippen LogP contribution in [0.2, 0.25) is 0 Å². The summed E-state index contributed by atoms with van der Waals surface area (Å²) in [7, 11) is 0. The van der Waals surface area contributed by atoms with Gasteiger partial charge in [-0.25, -0.2) is 5.43 Å². The van der Waals surface area contributed by atoms with E-state index < -0.39 is 4.92 Å². The molecule has 1 aromatic heterocycles. The molecule has 0 aliphatic heterocycles. The van der Waals surface area contributed by atoms with Crippen LogP contribution in [0.3, 0.4) is 0 Å². The molecule has 1 heterocycles. The summed E-state index contributed by atoms with van der Waals surface area (Å²) in [6.07, 6.45) is 0. The lowest BCUT2D eigenvalue weighted by Crippen LogP contribution is -2.21. The summed E-state index contributed by atoms with van der Waals surface area (Å²) >= 11 is 4.69. The van der Waals surface area contributed by atoms with E-state index >= 15 is 0 Å². The number of carbonyl (C=O) groups is 1. The Bertz CT molecular complexity index is 1370. The van der Waals surface area contributed by atoms with Crippen molar-refractivity contribution in [1.29, 1.82) is 0 Å². The summed E-state index contributed by atoms with van der Waals surface area (Å²) in [5, 5.41) is 24.2. The van der Waals surface area contributed by atoms with Gasteiger partial charge in [-0.3, -0.25) is 19.5 Å². The van der Waals surface area contributed by atoms with Crippen molar-refractivity contribution < 1.29 is 9.72 Å². The highest BCUT2D eigenvalue weighted by Crippen LogP contribution is 2.28. The molecule has 0 saturated heterocycles. The van der Waals surface area contributed by atoms with Crippen molar-refractivity contribution >= 4 is 45.0 Å². The van der Waals surface area contributed by atoms with Crippen molar-refractivity contribution in [1.82, 2.24) is 20.2 Å². The molecule has 1 amide bonds. The number of rotatable bonds is 8. The summed E-state index contributed by atoms with van der Waals surface area (Å²) in [4.78, 5) is 22.8. The van der Waals surface area contributed by atoms with Crippen LogP contribution in [-0.4, -0.2) is 37.1 Å². The van der Waals surface area contributed by atoms with Crippen molar-refractivity contribution in [3.05, 3.63) is 99.0 Å². The molecule has 176 valence electrons. The number of nitrogens with one attached hydrogen (secondary N) is 1. The predicted octanol–water partition coefficient (Wildman–Crippen LogP) is 5.24. The average molecular weight is 551 g/mol. The molecule has 0 spiro atoms. The van der Waals surface area contributed by atoms with E-state index in [2.05, 4.69) is 36.7 Å². The SMILES string of the molecule is C/C(=N\NC(=O)CSc1nnc(-c2ccc(Br)cc2)n1-c1ccccc1)c1ccc([N+](=O)[O-])cc1. The van der Waals surface area contributed by atoms with E-state index in [9.17, 15) is 14.9 Å². The average Bonchev–Trinajstić information content (AvgIpc) is 3.31. The number of hydrazone groups is 1. The van der Waals surface area contributed by atoms with Gasteiger partial charge in [-0.15, -0.1) is 10.2 Å². The molecule has 4 aromatic rings. The van der Waals surface area contributed by atoms with Crippen molar-refractivity contribution in [3.63, 3.8) is 0 Å². The first-order valence-electron chi connectivity index (χ1n) is 10.4. The fraction of sp³-hybridized carbons (Fsp3) is 0.0833. The number of non-ortho nitro benzene ring substituents is 1. The summed E-state index contributed by atoms with van der Waals surface area (Å²) < 4.78 is 2.87. The third kappa shape index (κ3) is 6.00. The number of hydrogen-bond donors (Lipinski definition) is 1. The molecule has 0 radical (unpaired) electrons. The maximum Gasteiger partial charge on any atom is 0.269 e. The van der Waals surface area contributed by atoms with Crippen LogP contribution in [0, 0.1) is 10.1 Å². The van der Waals surface area contributed by atoms with Gasteiger partial charge in [0.2, 0.25) is 0 Å². The van der Waals surface area contributed by atoms with Gasteiger partial charge in [-0.2, -0.15) is 5.10 Å². The highest BCUT2D eigenvalue weighted by Gasteiger charge is 2.17. The van der Waals surface area contributed by atoms with Gasteiger partial charge in [0, 0.05) is 27.9 Å². The molecule has 3 aromatic carbocycles. The number of hydrogen-bond acceptors (Lipinski definition) is 7. The van der Waals surface area contributed by atoms with Crippen LogP contribution in [0.15, 0.2) is 93.6 Å². The molecule has 0 unspecified atom stereocenters. The lowest BCUT2D eigenvalue weighted by Gasteiger charge is -2.10. The third-order valence-corrected chi connectivity index (χ3v) is 6.38. The van der Waals surface area contributed by atoms with Gasteiger partial charge in [0.1, 0.15) is 0 Å². The Hall–Kier alpha value is -3.83. The van der Waals surface area contributed by atoms with Gasteiger partial charge < -0.3 is 0 Å². The Labute approximate surface area is 213 Å². The second-order valence-corrected chi connectivity index (χ2v) is 9.17. The van der Waals surface area contributed by atoms with Crippen molar-refractivity contribution in [2.45, 2.75) is 12.1 Å². The Morgan fingerprint density at radius 1 is 1.06 bits per heavy atom. The number of benzene rings is 3. The molecule has 11 heteroatoms. The monoisotopic (exact) mass is 550 g/mol. The van der Waals surface area contributed by atoms with Gasteiger partial charge >= 0.3 is 0 Å². The molecule has 1 N–H and O–H groups in total. The molecular formula is C24H19BrN6O3S. The number of halogens is 1. The second kappa shape index (κ2) is 11.1. The van der Waals surface area contributed by atoms with E-state index in [0.29, 0.717) is 22.3 Å². The zero-order chi connectivity index (χ0) is 24.8. The number of carbonyl (C=O) groups excluding carboxylic acids is 1. The summed E-state index contributed by atoms with van der Waals surface area (Å²) in [6, 6.07) is 23.4. The fourth-order valence-electron chi connectivity index (χ4n) is 3.16. The highest BCUT2D eigenvalue weighted by molar-refractivity contribution is 9.10. The first-order chi connectivity index (χ1) is 16.9. The van der Waals surface area contributed by atoms with E-state index in [-0.39, 0.29) is 17.3 Å². The molecule has 4 rings (SSSR count). The van der Waals surface area contributed by atoms with Gasteiger partial charge in [0.05, 0.1) is 16.4 Å². The van der Waals surface area contributed by atoms with Crippen LogP contribution < -0.4 is 5.43 Å². The zero-order valence-corrected chi connectivity index (χ0v) is 20.9. The quantitative estimate of drug-likeness (QED) is 0.139. The van der Waals surface area contributed by atoms with E-state index in [1.807, 2.05) is 59.2 Å². The molecule has 0 fully saturated rings. The maximum absolute atomic E-state index is 12.5. The fourth-order valence-corrected chi connectivity index (χ4v) is 4.17. The van der Waals surface area contributed by atoms with E-state index in [1.165, 1.54) is 23.9 Å². The number of nitrogens with zero attached hydrogens (tertiary/aromatic N) is 5. The number of amides is 1. The smallest absolute Gasteiger partial charge is 0.269 e. The van der Waals surface area contributed by atoms with Crippen LogP contribution in [0.5, 0.6) is 0 Å². The van der Waals surface area contributed by atoms with Crippen LogP contribution >= 0.6 is 27.7 Å². The topological polar surface area (TPSA) is 115 Å². The lowest BCUT2D eigenvalue weighted by molar-refractivity contribution is -0.384. The van der Waals surface area contributed by atoms with Crippen LogP contribution in [0.4, 0.5) is 5.69 Å². The number of para-hydroxylation sites is 1. The van der Waals surface area contributed by atoms with E-state index in [4.69, 9.17) is 0 Å². The third-order valence-electron chi connectivity index (χ3n) is 4.93. The first-order valence-corrected chi connectivity index (χ1v) is 12.2. The predicted molar refractivity (Wildman–Crippen MR) is 139 cm³/mol. The van der Waals surface area contributed by atoms with Crippen LogP contribution in [0.25, 0.3) is 17.1 Å². The van der Waals surface area contributed by atoms with Crippen LogP contribution in [0.1, 0.15) is 12.5 Å². The number of nitro benzene ring substituents is 1. The summed E-state index contributed by atoms with van der Waals surface area (Å²) in [5.74, 6) is 0.422. The number of aromatic nitrogens is 3. The van der Waals surface area contributed by atoms with E-state index in [0.717, 1.165) is 15.7 Å². The minimum atomic E-state index is -0.467.